The van der Waals surface area contributed by atoms with E-state index >= 15 is 0 Å². The van der Waals surface area contributed by atoms with Crippen molar-refractivity contribution >= 4 is 29.4 Å². The summed E-state index contributed by atoms with van der Waals surface area (Å²) in [6, 6.07) is 0. The van der Waals surface area contributed by atoms with Crippen molar-refractivity contribution in [2.45, 2.75) is 27.7 Å². The van der Waals surface area contributed by atoms with Gasteiger partial charge in [-0.25, -0.2) is 0 Å². The van der Waals surface area contributed by atoms with Crippen LogP contribution in [-0.4, -0.2) is 54.8 Å². The van der Waals surface area contributed by atoms with Crippen LogP contribution in [0.25, 0.3) is 0 Å². The maximum Gasteiger partial charge on any atom is 0.504 e. The Morgan fingerprint density at radius 3 is 1.39 bits per heavy atom. The Kier molecular flexibility index (Phi) is 7.40. The minimum Gasteiger partial charge on any atom is -0.374 e. The SMILES string of the molecule is CCO[Si]1(OCC)CSC[Si](OCC)(OCC)O1. The molecule has 0 N–H and O–H groups in total. The molecule has 0 atom stereocenters. The van der Waals surface area contributed by atoms with Gasteiger partial charge in [-0.2, -0.15) is 11.8 Å². The highest BCUT2D eigenvalue weighted by atomic mass is 32.2. The van der Waals surface area contributed by atoms with Gasteiger partial charge in [0, 0.05) is 26.4 Å². The van der Waals surface area contributed by atoms with E-state index in [2.05, 4.69) is 0 Å². The standard InChI is InChI=1S/C10H24O5SSi2/c1-5-11-17(12-6-2)9-16-10-18(15-17,13-7-3)14-8-4/h5-10H2,1-4H3. The van der Waals surface area contributed by atoms with Crippen LogP contribution >= 0.6 is 11.8 Å². The van der Waals surface area contributed by atoms with E-state index in [0.29, 0.717) is 26.4 Å². The molecule has 0 bridgehead atoms. The molecular weight excluding hydrogens is 288 g/mol. The van der Waals surface area contributed by atoms with Crippen LogP contribution in [0.2, 0.25) is 0 Å². The van der Waals surface area contributed by atoms with Gasteiger partial charge in [-0.15, -0.1) is 0 Å². The molecule has 0 unspecified atom stereocenters. The summed E-state index contributed by atoms with van der Waals surface area (Å²) in [5.74, 6) is 0. The van der Waals surface area contributed by atoms with Crippen LogP contribution in [0.1, 0.15) is 27.7 Å². The molecule has 0 aromatic carbocycles. The summed E-state index contributed by atoms with van der Waals surface area (Å²) >= 11 is 1.77. The van der Waals surface area contributed by atoms with E-state index in [1.165, 1.54) is 0 Å². The van der Waals surface area contributed by atoms with Crippen molar-refractivity contribution in [3.63, 3.8) is 0 Å². The van der Waals surface area contributed by atoms with Crippen molar-refractivity contribution in [1.82, 2.24) is 0 Å². The van der Waals surface area contributed by atoms with Gasteiger partial charge in [0.2, 0.25) is 0 Å². The monoisotopic (exact) mass is 312 g/mol. The Bertz CT molecular complexity index is 199. The zero-order valence-corrected chi connectivity index (χ0v) is 14.5. The Balaban J connectivity index is 2.81. The van der Waals surface area contributed by atoms with E-state index in [0.717, 1.165) is 10.8 Å². The van der Waals surface area contributed by atoms with E-state index < -0.39 is 17.6 Å². The lowest BCUT2D eigenvalue weighted by atomic mass is 10.9. The molecule has 1 aliphatic heterocycles. The van der Waals surface area contributed by atoms with Crippen molar-refractivity contribution in [3.05, 3.63) is 0 Å². The molecule has 1 heterocycles. The summed E-state index contributed by atoms with van der Waals surface area (Å²) in [6.45, 7) is 10.2. The fourth-order valence-electron chi connectivity index (χ4n) is 1.84. The Morgan fingerprint density at radius 1 is 0.778 bits per heavy atom. The van der Waals surface area contributed by atoms with Gasteiger partial charge in [-0.3, -0.25) is 0 Å². The Morgan fingerprint density at radius 2 is 1.11 bits per heavy atom. The maximum atomic E-state index is 6.19. The lowest BCUT2D eigenvalue weighted by Gasteiger charge is -2.41. The molecule has 0 aromatic rings. The number of hydrogen-bond acceptors (Lipinski definition) is 6. The average Bonchev–Trinajstić information content (AvgIpc) is 2.30. The molecule has 1 saturated heterocycles. The summed E-state index contributed by atoms with van der Waals surface area (Å²) in [6.07, 6.45) is 0. The minimum absolute atomic E-state index is 0.593. The molecule has 8 heteroatoms. The molecule has 1 rings (SSSR count). The highest BCUT2D eigenvalue weighted by Crippen LogP contribution is 2.31. The lowest BCUT2D eigenvalue weighted by Crippen LogP contribution is -2.65. The first kappa shape index (κ1) is 16.6. The summed E-state index contributed by atoms with van der Waals surface area (Å²) in [5, 5.41) is 1.56. The predicted octanol–water partition coefficient (Wildman–Crippen LogP) is 1.85. The predicted molar refractivity (Wildman–Crippen MR) is 76.4 cm³/mol. The minimum atomic E-state index is -2.62. The molecule has 5 nitrogen and oxygen atoms in total. The van der Waals surface area contributed by atoms with Gasteiger partial charge in [0.15, 0.2) is 0 Å². The van der Waals surface area contributed by atoms with Gasteiger partial charge in [0.05, 0.1) is 10.8 Å². The molecule has 0 saturated carbocycles. The molecule has 0 aromatic heterocycles. The molecule has 108 valence electrons. The molecule has 0 spiro atoms. The molecular formula is C10H24O5SSi2. The van der Waals surface area contributed by atoms with Crippen molar-refractivity contribution in [2.24, 2.45) is 0 Å². The molecule has 1 aliphatic rings. The van der Waals surface area contributed by atoms with E-state index in [4.69, 9.17) is 21.8 Å². The van der Waals surface area contributed by atoms with Gasteiger partial charge in [-0.1, -0.05) is 0 Å². The molecule has 18 heavy (non-hydrogen) atoms. The quantitative estimate of drug-likeness (QED) is 0.638. The fraction of sp³-hybridized carbons (Fsp3) is 1.00. The van der Waals surface area contributed by atoms with Gasteiger partial charge >= 0.3 is 17.6 Å². The van der Waals surface area contributed by atoms with Crippen molar-refractivity contribution in [1.29, 1.82) is 0 Å². The fourth-order valence-corrected chi connectivity index (χ4v) is 12.8. The van der Waals surface area contributed by atoms with Crippen molar-refractivity contribution in [2.75, 3.05) is 37.2 Å². The number of thioether (sulfide) groups is 1. The normalized spacial score (nSPS) is 22.0. The molecule has 0 amide bonds. The molecule has 0 radical (unpaired) electrons. The van der Waals surface area contributed by atoms with Crippen LogP contribution in [0.15, 0.2) is 0 Å². The first-order chi connectivity index (χ1) is 8.66. The highest BCUT2D eigenvalue weighted by molar-refractivity contribution is 8.02. The van der Waals surface area contributed by atoms with E-state index in [9.17, 15) is 0 Å². The van der Waals surface area contributed by atoms with Crippen molar-refractivity contribution in [3.8, 4) is 0 Å². The van der Waals surface area contributed by atoms with E-state index in [1.807, 2.05) is 27.7 Å². The first-order valence-electron chi connectivity index (χ1n) is 6.49. The third kappa shape index (κ3) is 4.31. The summed E-state index contributed by atoms with van der Waals surface area (Å²) in [4.78, 5) is 0. The van der Waals surface area contributed by atoms with Crippen LogP contribution < -0.4 is 0 Å². The van der Waals surface area contributed by atoms with Gasteiger partial charge < -0.3 is 21.8 Å². The van der Waals surface area contributed by atoms with Crippen molar-refractivity contribution < 1.29 is 21.8 Å². The third-order valence-corrected chi connectivity index (χ3v) is 12.2. The molecule has 1 fully saturated rings. The van der Waals surface area contributed by atoms with Gasteiger partial charge in [-0.05, 0) is 27.7 Å². The average molecular weight is 313 g/mol. The summed E-state index contributed by atoms with van der Waals surface area (Å²) in [7, 11) is -5.24. The summed E-state index contributed by atoms with van der Waals surface area (Å²) in [5.41, 5.74) is 0. The van der Waals surface area contributed by atoms with Gasteiger partial charge in [0.25, 0.3) is 0 Å². The zero-order valence-electron chi connectivity index (χ0n) is 11.7. The van der Waals surface area contributed by atoms with Gasteiger partial charge in [0.1, 0.15) is 0 Å². The highest BCUT2D eigenvalue weighted by Gasteiger charge is 2.57. The lowest BCUT2D eigenvalue weighted by molar-refractivity contribution is 0.0548. The Hall–Kier alpha value is 0.584. The third-order valence-electron chi connectivity index (χ3n) is 2.33. The smallest absolute Gasteiger partial charge is 0.374 e. The van der Waals surface area contributed by atoms with Crippen LogP contribution in [0.3, 0.4) is 0 Å². The van der Waals surface area contributed by atoms with Crippen LogP contribution in [0, 0.1) is 0 Å². The molecule has 0 aliphatic carbocycles. The second-order valence-electron chi connectivity index (χ2n) is 3.69. The second kappa shape index (κ2) is 8.00. The first-order valence-corrected chi connectivity index (χ1v) is 11.5. The maximum absolute atomic E-state index is 6.19. The summed E-state index contributed by atoms with van der Waals surface area (Å²) < 4.78 is 29.4. The van der Waals surface area contributed by atoms with Crippen LogP contribution in [-0.2, 0) is 21.8 Å². The van der Waals surface area contributed by atoms with E-state index in [1.54, 1.807) is 11.8 Å². The largest absolute Gasteiger partial charge is 0.504 e. The van der Waals surface area contributed by atoms with Crippen LogP contribution in [0.5, 0.6) is 0 Å². The Labute approximate surface area is 116 Å². The van der Waals surface area contributed by atoms with Crippen LogP contribution in [0.4, 0.5) is 0 Å². The zero-order chi connectivity index (χ0) is 13.5. The topological polar surface area (TPSA) is 46.2 Å². The number of rotatable bonds is 8. The van der Waals surface area contributed by atoms with E-state index in [-0.39, 0.29) is 0 Å². The second-order valence-corrected chi connectivity index (χ2v) is 11.1. The number of hydrogen-bond donors (Lipinski definition) is 0.